The number of rotatable bonds is 30. The maximum atomic E-state index is 13.3. The first kappa shape index (κ1) is 83.3. The van der Waals surface area contributed by atoms with E-state index >= 15 is 0 Å². The van der Waals surface area contributed by atoms with Crippen molar-refractivity contribution in [2.24, 2.45) is 0 Å². The largest absolute Gasteiger partial charge is 0.465 e. The molecule has 9 rings (SSSR count). The molecule has 42 nitrogen and oxygen atoms in total. The van der Waals surface area contributed by atoms with Gasteiger partial charge in [-0.15, -0.1) is 0 Å². The van der Waals surface area contributed by atoms with Crippen molar-refractivity contribution >= 4 is 124 Å². The highest BCUT2D eigenvalue weighted by Crippen LogP contribution is 2.59. The molecule has 6 aromatic rings. The summed E-state index contributed by atoms with van der Waals surface area (Å²) in [5.74, 6) is -0.985. The average molecular weight is 1560 g/mol. The molecule has 48 heteroatoms. The van der Waals surface area contributed by atoms with Gasteiger partial charge in [0.15, 0.2) is 52.2 Å². The number of aromatic nitrogens is 12. The Morgan fingerprint density at radius 2 is 0.745 bits per heavy atom. The zero-order chi connectivity index (χ0) is 75.8. The van der Waals surface area contributed by atoms with E-state index in [-0.39, 0.29) is 91.0 Å². The summed E-state index contributed by atoms with van der Waals surface area (Å²) in [4.78, 5) is 103. The molecule has 0 amide bonds. The highest BCUT2D eigenvalue weighted by molar-refractivity contribution is 8.56. The van der Waals surface area contributed by atoms with Gasteiger partial charge in [-0.2, -0.15) is 15.0 Å². The van der Waals surface area contributed by atoms with Gasteiger partial charge in [-0.3, -0.25) is 71.1 Å². The number of aliphatic hydroxyl groups is 6. The first-order valence-electron chi connectivity index (χ1n) is 31.6. The molecule has 3 saturated heterocycles. The molecule has 1 unspecified atom stereocenters. The summed E-state index contributed by atoms with van der Waals surface area (Å²) < 4.78 is 92.7. The molecule has 0 radical (unpaired) electrons. The minimum Gasteiger partial charge on any atom is -0.465 e. The predicted molar refractivity (Wildman–Crippen MR) is 372 cm³/mol. The second-order valence-corrected chi connectivity index (χ2v) is 37.1. The van der Waals surface area contributed by atoms with Crippen molar-refractivity contribution in [3.63, 3.8) is 0 Å². The van der Waals surface area contributed by atoms with Crippen LogP contribution in [-0.2, 0) is 70.1 Å². The summed E-state index contributed by atoms with van der Waals surface area (Å²) in [5, 5.41) is 73.2. The van der Waals surface area contributed by atoms with E-state index < -0.39 is 145 Å². The number of imidazole rings is 3. The fourth-order valence-corrected chi connectivity index (χ4v) is 21.3. The zero-order valence-corrected chi connectivity index (χ0v) is 62.5. The molecule has 0 bridgehead atoms. The monoisotopic (exact) mass is 1560 g/mol. The van der Waals surface area contributed by atoms with Crippen LogP contribution in [0.25, 0.3) is 33.5 Å². The molecule has 3 aliphatic rings. The number of esters is 3. The number of aromatic amines is 3. The van der Waals surface area contributed by atoms with Gasteiger partial charge in [-0.25, -0.2) is 30.2 Å². The second kappa shape index (κ2) is 34.5. The molecule has 6 aromatic heterocycles. The lowest BCUT2D eigenvalue weighted by Crippen LogP contribution is -2.44. The van der Waals surface area contributed by atoms with Crippen molar-refractivity contribution in [1.82, 2.24) is 73.8 Å². The molecule has 0 saturated carbocycles. The molecule has 9 heterocycles. The van der Waals surface area contributed by atoms with Crippen LogP contribution in [0.3, 0.4) is 0 Å². The van der Waals surface area contributed by atoms with Crippen molar-refractivity contribution in [3.8, 4) is 0 Å². The van der Waals surface area contributed by atoms with Gasteiger partial charge in [0.25, 0.3) is 16.7 Å². The SMILES string of the molecule is CCOC(=O)[C@@H](C)N[P@@](=O)(OC[C@H]1O[C@@H](n2cnc3c(=O)[nH]c(N)nc32)[C@](C)(O)[C@@H]1O)SCC.CCOC(=O)[C@H](C)NP(=O)(OC[C@H]1O[C@@H](n2cnc3c(=O)[nH]c(N)nc32)[C@](C)(O)[C@@H]1O)SCC.CCOC(=O)[C@H](C)N[P@](=O)(OC[C@H]1O[C@@H](n2cnc3c(=O)[nH]c(N)nc32)[C@](C)(O)[C@@H]1O)SCC. The Morgan fingerprint density at radius 1 is 0.510 bits per heavy atom. The quantitative estimate of drug-likeness (QED) is 0.0165. The van der Waals surface area contributed by atoms with Crippen molar-refractivity contribution in [1.29, 1.82) is 0 Å². The normalized spacial score (nSPS) is 27.5. The van der Waals surface area contributed by atoms with Gasteiger partial charge in [0.05, 0.1) is 58.6 Å². The summed E-state index contributed by atoms with van der Waals surface area (Å²) in [6, 6.07) is -2.70. The number of hydrogen-bond acceptors (Lipinski definition) is 36. The van der Waals surface area contributed by atoms with Gasteiger partial charge < -0.3 is 89.8 Å². The Labute approximate surface area is 592 Å². The summed E-state index contributed by atoms with van der Waals surface area (Å²) in [7, 11) is 0. The summed E-state index contributed by atoms with van der Waals surface area (Å²) in [5.41, 5.74) is 9.69. The molecule has 18 N–H and O–H groups in total. The minimum atomic E-state index is -3.61. The van der Waals surface area contributed by atoms with Crippen LogP contribution in [0.1, 0.15) is 102 Å². The number of hydrogen-bond donors (Lipinski definition) is 15. The number of nitrogen functional groups attached to an aromatic ring is 3. The molecule has 570 valence electrons. The molecule has 3 aliphatic heterocycles. The van der Waals surface area contributed by atoms with Crippen LogP contribution in [0.4, 0.5) is 17.8 Å². The zero-order valence-electron chi connectivity index (χ0n) is 57.4. The van der Waals surface area contributed by atoms with E-state index in [9.17, 15) is 73.1 Å². The lowest BCUT2D eigenvalue weighted by Gasteiger charge is -2.27. The number of nitrogens with two attached hydrogens (primary N) is 3. The van der Waals surface area contributed by atoms with Crippen molar-refractivity contribution in [3.05, 3.63) is 50.0 Å². The van der Waals surface area contributed by atoms with Crippen LogP contribution in [0.2, 0.25) is 0 Å². The first-order chi connectivity index (χ1) is 47.8. The highest BCUT2D eigenvalue weighted by Gasteiger charge is 2.57. The van der Waals surface area contributed by atoms with Crippen LogP contribution in [0, 0.1) is 0 Å². The lowest BCUT2D eigenvalue weighted by atomic mass is 9.96. The molecule has 0 aliphatic carbocycles. The van der Waals surface area contributed by atoms with Crippen LogP contribution in [0.15, 0.2) is 33.4 Å². The molecular formula is C54H87N18O24P3S3. The molecule has 18 atom stereocenters. The second-order valence-electron chi connectivity index (χ2n) is 23.4. The van der Waals surface area contributed by atoms with Crippen LogP contribution >= 0.6 is 54.3 Å². The van der Waals surface area contributed by atoms with Crippen LogP contribution in [-0.4, -0.2) is 236 Å². The Bertz CT molecular complexity index is 3840. The fourth-order valence-electron chi connectivity index (χ4n) is 10.5. The van der Waals surface area contributed by atoms with Gasteiger partial charge in [0.1, 0.15) is 71.6 Å². The van der Waals surface area contributed by atoms with E-state index in [1.165, 1.54) is 74.2 Å². The molecule has 102 heavy (non-hydrogen) atoms. The van der Waals surface area contributed by atoms with Crippen molar-refractivity contribution in [2.75, 3.05) is 74.1 Å². The number of anilines is 3. The van der Waals surface area contributed by atoms with E-state index in [4.69, 9.17) is 59.2 Å². The average Bonchev–Trinajstić information content (AvgIpc) is 1.61. The minimum absolute atomic E-state index is 0.0243. The summed E-state index contributed by atoms with van der Waals surface area (Å²) in [6.07, 6.45) is -7.62. The standard InChI is InChI=1S/3C18H29N6O8PS/c3*1-5-30-15(27)9(3)23-33(29,34-6-2)31-7-10-12(25)18(4,28)16(32-10)24-8-20-11-13(24)21-17(19)22-14(11)26/h3*8-10,12,16,25,28H,5-7H2,1-4H3,(H,23,29)(H3,19,21,22,26)/t9-,10+,12+,16+,18+,33?;9-,10+,12+,16+,18+,33-;9-,10-,12-,16-,18-,33-/m001/s1. The number of fused-ring (bicyclic) bond motifs is 3. The van der Waals surface area contributed by atoms with E-state index in [0.29, 0.717) is 17.3 Å². The molecule has 0 aromatic carbocycles. The number of nitrogens with one attached hydrogen (secondary N) is 6. The highest BCUT2D eigenvalue weighted by atomic mass is 32.7. The lowest BCUT2D eigenvalue weighted by molar-refractivity contribution is -0.145. The number of carbonyl (C=O) groups is 3. The van der Waals surface area contributed by atoms with E-state index in [1.807, 2.05) is 0 Å². The van der Waals surface area contributed by atoms with Crippen LogP contribution in [0.5, 0.6) is 0 Å². The fraction of sp³-hybridized carbons (Fsp3) is 0.667. The van der Waals surface area contributed by atoms with Gasteiger partial charge in [-0.1, -0.05) is 54.9 Å². The maximum absolute atomic E-state index is 13.3. The van der Waals surface area contributed by atoms with Crippen molar-refractivity contribution in [2.45, 2.75) is 173 Å². The first-order valence-corrected chi connectivity index (χ1v) is 41.3. The number of H-pyrrole nitrogens is 3. The third-order valence-corrected chi connectivity index (χ3v) is 28.1. The van der Waals surface area contributed by atoms with Gasteiger partial charge in [0, 0.05) is 17.3 Å². The third kappa shape index (κ3) is 19.0. The summed E-state index contributed by atoms with van der Waals surface area (Å²) in [6.45, 7) is 7.37. The molecule has 3 fully saturated rings. The van der Waals surface area contributed by atoms with E-state index in [0.717, 1.165) is 34.1 Å². The number of ether oxygens (including phenoxy) is 6. The Balaban J connectivity index is 0.000000214. The number of nitrogens with zero attached hydrogens (tertiary/aromatic N) is 9. The number of carbonyl (C=O) groups excluding carboxylic acids is 3. The van der Waals surface area contributed by atoms with Crippen LogP contribution < -0.4 is 49.1 Å². The Kier molecular flexibility index (Phi) is 28.2. The molecular weight excluding hydrogens is 1470 g/mol. The molecule has 0 spiro atoms. The Hall–Kier alpha value is -6.00. The Morgan fingerprint density at radius 3 is 0.961 bits per heavy atom. The maximum Gasteiger partial charge on any atom is 0.327 e. The van der Waals surface area contributed by atoms with Crippen molar-refractivity contribution < 1.29 is 101 Å². The predicted octanol–water partition coefficient (Wildman–Crippen LogP) is 0.390. The van der Waals surface area contributed by atoms with E-state index in [2.05, 4.69) is 60.1 Å². The summed E-state index contributed by atoms with van der Waals surface area (Å²) >= 11 is 2.90. The smallest absolute Gasteiger partial charge is 0.327 e. The van der Waals surface area contributed by atoms with E-state index in [1.54, 1.807) is 41.5 Å². The van der Waals surface area contributed by atoms with Gasteiger partial charge in [-0.05, 0) is 62.3 Å². The number of aliphatic hydroxyl groups excluding tert-OH is 3. The topological polar surface area (TPSA) is 612 Å². The third-order valence-electron chi connectivity index (χ3n) is 15.5. The van der Waals surface area contributed by atoms with Gasteiger partial charge >= 0.3 is 38.1 Å². The van der Waals surface area contributed by atoms with Gasteiger partial charge in [0.2, 0.25) is 17.8 Å².